The van der Waals surface area contributed by atoms with Gasteiger partial charge < -0.3 is 14.2 Å². The van der Waals surface area contributed by atoms with Crippen LogP contribution in [0, 0.1) is 11.8 Å². The van der Waals surface area contributed by atoms with E-state index in [1.54, 1.807) is 0 Å². The van der Waals surface area contributed by atoms with E-state index in [1.807, 2.05) is 24.3 Å². The minimum absolute atomic E-state index is 0.0648. The maximum absolute atomic E-state index is 6.76. The molecule has 206 valence electrons. The summed E-state index contributed by atoms with van der Waals surface area (Å²) in [5, 5.41) is 2.13. The van der Waals surface area contributed by atoms with Crippen LogP contribution in [-0.2, 0) is 45.4 Å². The number of rotatable bonds is 12. The van der Waals surface area contributed by atoms with Gasteiger partial charge in [0.05, 0.1) is 45.2 Å². The summed E-state index contributed by atoms with van der Waals surface area (Å²) < 4.78 is 19.9. The van der Waals surface area contributed by atoms with E-state index in [1.165, 1.54) is 11.1 Å². The van der Waals surface area contributed by atoms with Crippen LogP contribution in [0.2, 0.25) is 0 Å². The Balaban J connectivity index is 1.25. The highest BCUT2D eigenvalue weighted by atomic mass is 16.7. The molecule has 1 heterocycles. The van der Waals surface area contributed by atoms with E-state index in [2.05, 4.69) is 102 Å². The van der Waals surface area contributed by atoms with Crippen molar-refractivity contribution in [1.82, 2.24) is 5.06 Å². The van der Waals surface area contributed by atoms with Crippen molar-refractivity contribution in [1.29, 1.82) is 0 Å². The standard InChI is InChI=1S/C35H37NO4/c1-5-13-27(14-6-1)21-36-33-31(26-40-36)32(25-37-22-28-15-7-2-8-16-28)34(38-23-29-17-9-3-10-18-29)35(33)39-24-30-19-11-4-12-20-30/h1-20,31-35H,21-26H2/t31-,32+,33-,34+,35+/m1/s1. The second-order valence-corrected chi connectivity index (χ2v) is 10.7. The Bertz CT molecular complexity index is 1290. The number of benzene rings is 4. The average Bonchev–Trinajstić information content (AvgIpc) is 3.55. The highest BCUT2D eigenvalue weighted by molar-refractivity contribution is 5.18. The molecule has 0 amide bonds. The quantitative estimate of drug-likeness (QED) is 0.209. The molecule has 2 fully saturated rings. The minimum Gasteiger partial charge on any atom is -0.376 e. The molecule has 0 N–H and O–H groups in total. The van der Waals surface area contributed by atoms with E-state index in [9.17, 15) is 0 Å². The van der Waals surface area contributed by atoms with Crippen molar-refractivity contribution in [2.45, 2.75) is 44.6 Å². The van der Waals surface area contributed by atoms with E-state index in [-0.39, 0.29) is 30.1 Å². The number of hydrogen-bond acceptors (Lipinski definition) is 5. The topological polar surface area (TPSA) is 40.2 Å². The van der Waals surface area contributed by atoms with Crippen molar-refractivity contribution in [2.24, 2.45) is 11.8 Å². The lowest BCUT2D eigenvalue weighted by molar-refractivity contribution is -0.188. The lowest BCUT2D eigenvalue weighted by Crippen LogP contribution is -2.43. The van der Waals surface area contributed by atoms with Crippen molar-refractivity contribution in [3.05, 3.63) is 144 Å². The zero-order valence-corrected chi connectivity index (χ0v) is 22.8. The van der Waals surface area contributed by atoms with Gasteiger partial charge in [-0.1, -0.05) is 121 Å². The molecular weight excluding hydrogens is 498 g/mol. The van der Waals surface area contributed by atoms with Gasteiger partial charge in [-0.05, 0) is 22.3 Å². The third-order valence-corrected chi connectivity index (χ3v) is 8.01. The summed E-state index contributed by atoms with van der Waals surface area (Å²) in [6.45, 7) is 3.55. The van der Waals surface area contributed by atoms with Crippen LogP contribution in [0.15, 0.2) is 121 Å². The third kappa shape index (κ3) is 6.52. The number of nitrogens with zero attached hydrogens (tertiary/aromatic N) is 1. The van der Waals surface area contributed by atoms with Crippen LogP contribution < -0.4 is 0 Å². The van der Waals surface area contributed by atoms with Crippen LogP contribution in [0.25, 0.3) is 0 Å². The predicted octanol–water partition coefficient (Wildman–Crippen LogP) is 6.44. The molecular formula is C35H37NO4. The molecule has 0 aromatic heterocycles. The van der Waals surface area contributed by atoms with Gasteiger partial charge in [-0.25, -0.2) is 0 Å². The molecule has 6 rings (SSSR count). The Morgan fingerprint density at radius 3 is 1.60 bits per heavy atom. The van der Waals surface area contributed by atoms with Gasteiger partial charge in [0.2, 0.25) is 0 Å². The molecule has 0 radical (unpaired) electrons. The number of fused-ring (bicyclic) bond motifs is 1. The Morgan fingerprint density at radius 2 is 1.05 bits per heavy atom. The Hall–Kier alpha value is -3.32. The number of hydrogen-bond donors (Lipinski definition) is 0. The maximum Gasteiger partial charge on any atom is 0.103 e. The van der Waals surface area contributed by atoms with E-state index in [4.69, 9.17) is 19.0 Å². The van der Waals surface area contributed by atoms with Crippen LogP contribution in [0.4, 0.5) is 0 Å². The van der Waals surface area contributed by atoms with Gasteiger partial charge in [0.1, 0.15) is 6.10 Å². The van der Waals surface area contributed by atoms with Crippen molar-refractivity contribution >= 4 is 0 Å². The van der Waals surface area contributed by atoms with Gasteiger partial charge in [-0.2, -0.15) is 5.06 Å². The summed E-state index contributed by atoms with van der Waals surface area (Å²) in [7, 11) is 0. The Labute approximate surface area is 237 Å². The summed E-state index contributed by atoms with van der Waals surface area (Å²) in [6, 6.07) is 41.6. The SMILES string of the molecule is c1ccc(COC[C@H]2[C@H]3CON(Cc4ccccc4)[C@H]3[C@H](OCc3ccccc3)[C@H]2OCc2ccccc2)cc1. The van der Waals surface area contributed by atoms with Crippen molar-refractivity contribution in [2.75, 3.05) is 13.2 Å². The molecule has 5 nitrogen and oxygen atoms in total. The van der Waals surface area contributed by atoms with Gasteiger partial charge in [-0.15, -0.1) is 0 Å². The molecule has 5 heteroatoms. The number of ether oxygens (including phenoxy) is 3. The fraction of sp³-hybridized carbons (Fsp3) is 0.314. The van der Waals surface area contributed by atoms with Gasteiger partial charge in [0.25, 0.3) is 0 Å². The Kier molecular flexibility index (Phi) is 8.98. The first-order valence-corrected chi connectivity index (χ1v) is 14.2. The summed E-state index contributed by atoms with van der Waals surface area (Å²) in [6.07, 6.45) is -0.290. The van der Waals surface area contributed by atoms with Gasteiger partial charge in [0, 0.05) is 18.4 Å². The summed E-state index contributed by atoms with van der Waals surface area (Å²) in [4.78, 5) is 6.35. The van der Waals surface area contributed by atoms with Crippen LogP contribution in [0.5, 0.6) is 0 Å². The maximum atomic E-state index is 6.76. The van der Waals surface area contributed by atoms with Gasteiger partial charge in [0.15, 0.2) is 0 Å². The molecule has 40 heavy (non-hydrogen) atoms. The highest BCUT2D eigenvalue weighted by Crippen LogP contribution is 2.45. The highest BCUT2D eigenvalue weighted by Gasteiger charge is 2.57. The molecule has 4 aromatic rings. The summed E-state index contributed by atoms with van der Waals surface area (Å²) in [5.41, 5.74) is 4.69. The number of hydroxylamine groups is 2. The zero-order valence-electron chi connectivity index (χ0n) is 22.8. The summed E-state index contributed by atoms with van der Waals surface area (Å²) in [5.74, 6) is 0.375. The van der Waals surface area contributed by atoms with E-state index in [0.717, 1.165) is 11.1 Å². The third-order valence-electron chi connectivity index (χ3n) is 8.01. The van der Waals surface area contributed by atoms with Crippen molar-refractivity contribution in [3.8, 4) is 0 Å². The van der Waals surface area contributed by atoms with E-state index >= 15 is 0 Å². The fourth-order valence-corrected chi connectivity index (χ4v) is 6.01. The van der Waals surface area contributed by atoms with Crippen LogP contribution >= 0.6 is 0 Å². The van der Waals surface area contributed by atoms with E-state index < -0.39 is 0 Å². The summed E-state index contributed by atoms with van der Waals surface area (Å²) >= 11 is 0. The minimum atomic E-state index is -0.162. The Morgan fingerprint density at radius 1 is 0.575 bits per heavy atom. The molecule has 0 unspecified atom stereocenters. The van der Waals surface area contributed by atoms with E-state index in [0.29, 0.717) is 39.6 Å². The molecule has 1 saturated heterocycles. The largest absolute Gasteiger partial charge is 0.376 e. The molecule has 0 bridgehead atoms. The van der Waals surface area contributed by atoms with Crippen LogP contribution in [0.1, 0.15) is 22.3 Å². The molecule has 1 saturated carbocycles. The smallest absolute Gasteiger partial charge is 0.103 e. The monoisotopic (exact) mass is 535 g/mol. The molecule has 5 atom stereocenters. The second kappa shape index (κ2) is 13.4. The van der Waals surface area contributed by atoms with Crippen molar-refractivity contribution in [3.63, 3.8) is 0 Å². The van der Waals surface area contributed by atoms with Crippen molar-refractivity contribution < 1.29 is 19.0 Å². The van der Waals surface area contributed by atoms with Gasteiger partial charge in [-0.3, -0.25) is 4.84 Å². The first-order chi connectivity index (χ1) is 19.8. The normalized spacial score (nSPS) is 24.2. The first-order valence-electron chi connectivity index (χ1n) is 14.2. The second-order valence-electron chi connectivity index (χ2n) is 10.7. The molecule has 4 aromatic carbocycles. The lowest BCUT2D eigenvalue weighted by atomic mass is 9.94. The molecule has 1 aliphatic heterocycles. The lowest BCUT2D eigenvalue weighted by Gasteiger charge is -2.31. The molecule has 0 spiro atoms. The van der Waals surface area contributed by atoms with Crippen LogP contribution in [0.3, 0.4) is 0 Å². The van der Waals surface area contributed by atoms with Gasteiger partial charge >= 0.3 is 0 Å². The fourth-order valence-electron chi connectivity index (χ4n) is 6.01. The average molecular weight is 536 g/mol. The molecule has 1 aliphatic carbocycles. The zero-order chi connectivity index (χ0) is 27.0. The van der Waals surface area contributed by atoms with Crippen LogP contribution in [-0.4, -0.2) is 36.5 Å². The molecule has 2 aliphatic rings. The predicted molar refractivity (Wildman–Crippen MR) is 155 cm³/mol. The first kappa shape index (κ1) is 26.9.